The van der Waals surface area contributed by atoms with Crippen molar-refractivity contribution in [1.82, 2.24) is 15.1 Å². The van der Waals surface area contributed by atoms with Gasteiger partial charge in [0.25, 0.3) is 5.91 Å². The molecule has 0 spiro atoms. The number of aromatic carboxylic acids is 1. The molecule has 1 aliphatic heterocycles. The third-order valence-corrected chi connectivity index (χ3v) is 4.45. The standard InChI is InChI=1S/C18H18F3N3O4/c19-18(20,21)15-14(17(26)27)9-23-24(15)13-5-3-12(4-6-13)16(25)22-8-11-2-1-7-28-10-11/h3-6,9,11H,1-2,7-8,10H2,(H,22,25)(H,26,27). The Hall–Kier alpha value is -2.88. The highest BCUT2D eigenvalue weighted by molar-refractivity contribution is 5.94. The van der Waals surface area contributed by atoms with Gasteiger partial charge >= 0.3 is 12.1 Å². The molecule has 7 nitrogen and oxygen atoms in total. The van der Waals surface area contributed by atoms with E-state index in [1.807, 2.05) is 0 Å². The maximum absolute atomic E-state index is 13.3. The molecule has 1 fully saturated rings. The highest BCUT2D eigenvalue weighted by Crippen LogP contribution is 2.33. The van der Waals surface area contributed by atoms with E-state index in [0.717, 1.165) is 19.4 Å². The van der Waals surface area contributed by atoms with Gasteiger partial charge in [0, 0.05) is 18.7 Å². The second kappa shape index (κ2) is 8.01. The SMILES string of the molecule is O=C(NCC1CCCOC1)c1ccc(-n2ncc(C(=O)O)c2C(F)(F)F)cc1. The van der Waals surface area contributed by atoms with Crippen molar-refractivity contribution < 1.29 is 32.6 Å². The number of rotatable bonds is 5. The van der Waals surface area contributed by atoms with E-state index in [1.165, 1.54) is 24.3 Å². The normalized spacial score (nSPS) is 17.3. The minimum Gasteiger partial charge on any atom is -0.478 e. The molecule has 1 saturated heterocycles. The molecule has 3 rings (SSSR count). The lowest BCUT2D eigenvalue weighted by atomic mass is 10.0. The third kappa shape index (κ3) is 4.33. The fraction of sp³-hybridized carbons (Fsp3) is 0.389. The summed E-state index contributed by atoms with van der Waals surface area (Å²) in [6, 6.07) is 5.30. The minimum absolute atomic E-state index is 0.00273. The van der Waals surface area contributed by atoms with Crippen LogP contribution in [0.4, 0.5) is 13.2 Å². The van der Waals surface area contributed by atoms with Gasteiger partial charge in [0.1, 0.15) is 5.56 Å². The molecule has 2 N–H and O–H groups in total. The van der Waals surface area contributed by atoms with Crippen molar-refractivity contribution in [2.75, 3.05) is 19.8 Å². The average Bonchev–Trinajstić information content (AvgIpc) is 3.13. The van der Waals surface area contributed by atoms with Gasteiger partial charge in [-0.05, 0) is 43.0 Å². The largest absolute Gasteiger partial charge is 0.478 e. The van der Waals surface area contributed by atoms with Crippen molar-refractivity contribution in [2.45, 2.75) is 19.0 Å². The molecule has 0 bridgehead atoms. The highest BCUT2D eigenvalue weighted by Gasteiger charge is 2.40. The van der Waals surface area contributed by atoms with Crippen molar-refractivity contribution in [3.05, 3.63) is 47.3 Å². The minimum atomic E-state index is -4.90. The van der Waals surface area contributed by atoms with Crippen LogP contribution < -0.4 is 5.32 Å². The van der Waals surface area contributed by atoms with Crippen LogP contribution in [0.15, 0.2) is 30.5 Å². The summed E-state index contributed by atoms with van der Waals surface area (Å²) in [5.74, 6) is -1.83. The number of nitrogens with one attached hydrogen (secondary N) is 1. The summed E-state index contributed by atoms with van der Waals surface area (Å²) in [6.07, 6.45) is -2.34. The Bertz CT molecular complexity index is 856. The van der Waals surface area contributed by atoms with Crippen LogP contribution in [0.3, 0.4) is 0 Å². The number of nitrogens with zero attached hydrogens (tertiary/aromatic N) is 2. The lowest BCUT2D eigenvalue weighted by Gasteiger charge is -2.22. The van der Waals surface area contributed by atoms with Gasteiger partial charge in [-0.1, -0.05) is 0 Å². The van der Waals surface area contributed by atoms with Crippen LogP contribution in [0.25, 0.3) is 5.69 Å². The predicted molar refractivity (Wildman–Crippen MR) is 91.4 cm³/mol. The molecule has 1 atom stereocenters. The Balaban J connectivity index is 1.75. The Kier molecular flexibility index (Phi) is 5.68. The first-order valence-electron chi connectivity index (χ1n) is 8.62. The van der Waals surface area contributed by atoms with Crippen LogP contribution in [-0.4, -0.2) is 46.5 Å². The molecule has 1 unspecified atom stereocenters. The van der Waals surface area contributed by atoms with E-state index < -0.39 is 23.4 Å². The molecule has 2 aromatic rings. The molecule has 28 heavy (non-hydrogen) atoms. The molecule has 1 aliphatic rings. The highest BCUT2D eigenvalue weighted by atomic mass is 19.4. The number of hydrogen-bond donors (Lipinski definition) is 2. The molecule has 1 aromatic carbocycles. The summed E-state index contributed by atoms with van der Waals surface area (Å²) in [7, 11) is 0. The zero-order valence-corrected chi connectivity index (χ0v) is 14.7. The number of carboxylic acid groups (broad SMARTS) is 1. The Morgan fingerprint density at radius 2 is 2.00 bits per heavy atom. The fourth-order valence-electron chi connectivity index (χ4n) is 3.03. The number of ether oxygens (including phenoxy) is 1. The van der Waals surface area contributed by atoms with E-state index in [1.54, 1.807) is 0 Å². The van der Waals surface area contributed by atoms with E-state index in [9.17, 15) is 22.8 Å². The fourth-order valence-corrected chi connectivity index (χ4v) is 3.03. The van der Waals surface area contributed by atoms with Crippen molar-refractivity contribution in [1.29, 1.82) is 0 Å². The van der Waals surface area contributed by atoms with Gasteiger partial charge in [0.2, 0.25) is 0 Å². The first-order valence-corrected chi connectivity index (χ1v) is 8.62. The Labute approximate surface area is 158 Å². The average molecular weight is 397 g/mol. The van der Waals surface area contributed by atoms with E-state index >= 15 is 0 Å². The number of carbonyl (C=O) groups is 2. The maximum Gasteiger partial charge on any atom is 0.434 e. The van der Waals surface area contributed by atoms with Gasteiger partial charge in [-0.25, -0.2) is 9.48 Å². The summed E-state index contributed by atoms with van der Waals surface area (Å²) < 4.78 is 45.7. The Morgan fingerprint density at radius 1 is 1.29 bits per heavy atom. The first kappa shape index (κ1) is 19.9. The molecule has 1 aromatic heterocycles. The lowest BCUT2D eigenvalue weighted by Crippen LogP contribution is -2.33. The van der Waals surface area contributed by atoms with E-state index in [-0.39, 0.29) is 23.1 Å². The van der Waals surface area contributed by atoms with E-state index in [4.69, 9.17) is 9.84 Å². The number of halogens is 3. The van der Waals surface area contributed by atoms with Gasteiger partial charge in [-0.15, -0.1) is 0 Å². The number of carboxylic acids is 1. The number of aromatic nitrogens is 2. The quantitative estimate of drug-likeness (QED) is 0.809. The van der Waals surface area contributed by atoms with Crippen molar-refractivity contribution in [3.63, 3.8) is 0 Å². The smallest absolute Gasteiger partial charge is 0.434 e. The summed E-state index contributed by atoms with van der Waals surface area (Å²) >= 11 is 0. The second-order valence-electron chi connectivity index (χ2n) is 6.46. The monoisotopic (exact) mass is 397 g/mol. The molecular weight excluding hydrogens is 379 g/mol. The van der Waals surface area contributed by atoms with Crippen LogP contribution in [0.5, 0.6) is 0 Å². The van der Waals surface area contributed by atoms with Crippen LogP contribution in [0.2, 0.25) is 0 Å². The van der Waals surface area contributed by atoms with Crippen molar-refractivity contribution >= 4 is 11.9 Å². The third-order valence-electron chi connectivity index (χ3n) is 4.45. The second-order valence-corrected chi connectivity index (χ2v) is 6.46. The first-order chi connectivity index (χ1) is 13.3. The topological polar surface area (TPSA) is 93.5 Å². The summed E-state index contributed by atoms with van der Waals surface area (Å²) in [5.41, 5.74) is -2.05. The number of alkyl halides is 3. The van der Waals surface area contributed by atoms with Crippen LogP contribution >= 0.6 is 0 Å². The maximum atomic E-state index is 13.3. The summed E-state index contributed by atoms with van der Waals surface area (Å²) in [6.45, 7) is 1.77. The van der Waals surface area contributed by atoms with E-state index in [2.05, 4.69) is 10.4 Å². The van der Waals surface area contributed by atoms with Gasteiger partial charge in [0.15, 0.2) is 5.69 Å². The number of carbonyl (C=O) groups excluding carboxylic acids is 1. The van der Waals surface area contributed by atoms with Crippen LogP contribution in [0, 0.1) is 5.92 Å². The zero-order chi connectivity index (χ0) is 20.3. The van der Waals surface area contributed by atoms with Crippen molar-refractivity contribution in [2.24, 2.45) is 5.92 Å². The van der Waals surface area contributed by atoms with Gasteiger partial charge in [-0.3, -0.25) is 4.79 Å². The number of amides is 1. The molecule has 0 aliphatic carbocycles. The molecule has 1 amide bonds. The van der Waals surface area contributed by atoms with Crippen LogP contribution in [0.1, 0.15) is 39.3 Å². The summed E-state index contributed by atoms with van der Waals surface area (Å²) in [4.78, 5) is 23.3. The Morgan fingerprint density at radius 3 is 2.57 bits per heavy atom. The number of benzene rings is 1. The van der Waals surface area contributed by atoms with Gasteiger partial charge in [0.05, 0.1) is 18.5 Å². The van der Waals surface area contributed by atoms with Crippen molar-refractivity contribution in [3.8, 4) is 5.69 Å². The predicted octanol–water partition coefficient (Wildman–Crippen LogP) is 2.75. The molecule has 0 radical (unpaired) electrons. The van der Waals surface area contributed by atoms with Crippen LogP contribution in [-0.2, 0) is 10.9 Å². The molecule has 2 heterocycles. The molecular formula is C18H18F3N3O4. The number of hydrogen-bond acceptors (Lipinski definition) is 4. The van der Waals surface area contributed by atoms with Gasteiger partial charge < -0.3 is 15.2 Å². The van der Waals surface area contributed by atoms with Gasteiger partial charge in [-0.2, -0.15) is 18.3 Å². The van der Waals surface area contributed by atoms with E-state index in [0.29, 0.717) is 24.0 Å². The molecule has 150 valence electrons. The lowest BCUT2D eigenvalue weighted by molar-refractivity contribution is -0.143. The molecule has 10 heteroatoms. The zero-order valence-electron chi connectivity index (χ0n) is 14.7. The molecule has 0 saturated carbocycles. The summed E-state index contributed by atoms with van der Waals surface area (Å²) in [5, 5.41) is 15.3.